The Morgan fingerprint density at radius 3 is 2.76 bits per heavy atom. The number of ether oxygens (including phenoxy) is 1. The maximum atomic E-state index is 12.8. The van der Waals surface area contributed by atoms with Crippen molar-refractivity contribution in [2.75, 3.05) is 5.32 Å². The largest absolute Gasteiger partial charge is 0.573 e. The molecule has 0 bridgehead atoms. The average molecular weight is 507 g/mol. The molecule has 10 heteroatoms. The van der Waals surface area contributed by atoms with Crippen molar-refractivity contribution in [1.29, 1.82) is 0 Å². The second kappa shape index (κ2) is 8.79. The highest BCUT2D eigenvalue weighted by atomic mass is 19.4. The number of alkyl halides is 3. The molecule has 0 amide bonds. The van der Waals surface area contributed by atoms with Crippen LogP contribution in [0.1, 0.15) is 43.0 Å². The maximum absolute atomic E-state index is 12.8. The van der Waals surface area contributed by atoms with Crippen molar-refractivity contribution < 1.29 is 17.9 Å². The summed E-state index contributed by atoms with van der Waals surface area (Å²) >= 11 is 0. The van der Waals surface area contributed by atoms with Gasteiger partial charge in [0.05, 0.1) is 6.20 Å². The third-order valence-corrected chi connectivity index (χ3v) is 6.77. The number of aryl methyl sites for hydroxylation is 1. The fraction of sp³-hybridized carbons (Fsp3) is 0.296. The van der Waals surface area contributed by atoms with Gasteiger partial charge in [0.15, 0.2) is 11.5 Å². The quantitative estimate of drug-likeness (QED) is 0.294. The van der Waals surface area contributed by atoms with Crippen molar-refractivity contribution in [3.8, 4) is 17.1 Å². The van der Waals surface area contributed by atoms with Crippen LogP contribution in [0.15, 0.2) is 54.7 Å². The van der Waals surface area contributed by atoms with Crippen LogP contribution in [0.25, 0.3) is 27.9 Å². The number of nitrogens with zero attached hydrogens (tertiary/aromatic N) is 4. The highest BCUT2D eigenvalue weighted by Crippen LogP contribution is 2.32. The van der Waals surface area contributed by atoms with Gasteiger partial charge in [-0.1, -0.05) is 44.2 Å². The summed E-state index contributed by atoms with van der Waals surface area (Å²) in [5.74, 6) is 0.632. The Morgan fingerprint density at radius 1 is 1.11 bits per heavy atom. The van der Waals surface area contributed by atoms with Gasteiger partial charge in [-0.15, -0.1) is 13.2 Å². The second-order valence-corrected chi connectivity index (χ2v) is 9.65. The molecule has 0 saturated carbocycles. The van der Waals surface area contributed by atoms with Crippen LogP contribution >= 0.6 is 0 Å². The van der Waals surface area contributed by atoms with E-state index in [1.807, 2.05) is 26.0 Å². The first-order chi connectivity index (χ1) is 17.7. The monoisotopic (exact) mass is 506 g/mol. The summed E-state index contributed by atoms with van der Waals surface area (Å²) in [5, 5.41) is 9.32. The lowest BCUT2D eigenvalue weighted by molar-refractivity contribution is -0.274. The van der Waals surface area contributed by atoms with Gasteiger partial charge in [0.25, 0.3) is 0 Å². The SMILES string of the molecule is CC(C)c1cnn2c(N[C@@H]3CCc4[nH]c5ccccc5c4C3)nc(-c3cccc(OC(F)(F)F)c3)nc12. The van der Waals surface area contributed by atoms with Crippen molar-refractivity contribution >= 4 is 22.5 Å². The Balaban J connectivity index is 1.39. The molecule has 1 atom stereocenters. The molecule has 0 unspecified atom stereocenters. The molecule has 5 aromatic rings. The first-order valence-electron chi connectivity index (χ1n) is 12.2. The average Bonchev–Trinajstić information content (AvgIpc) is 3.45. The van der Waals surface area contributed by atoms with Crippen molar-refractivity contribution in [2.24, 2.45) is 0 Å². The predicted molar refractivity (Wildman–Crippen MR) is 135 cm³/mol. The number of hydrogen-bond acceptors (Lipinski definition) is 5. The first kappa shape index (κ1) is 23.3. The number of para-hydroxylation sites is 1. The molecule has 1 aliphatic carbocycles. The zero-order chi connectivity index (χ0) is 25.7. The molecule has 2 aromatic carbocycles. The van der Waals surface area contributed by atoms with E-state index in [2.05, 4.69) is 32.3 Å². The molecule has 1 aliphatic rings. The molecule has 6 rings (SSSR count). The lowest BCUT2D eigenvalue weighted by Gasteiger charge is -2.24. The minimum absolute atomic E-state index is 0.101. The van der Waals surface area contributed by atoms with Crippen LogP contribution in [0.3, 0.4) is 0 Å². The van der Waals surface area contributed by atoms with E-state index in [9.17, 15) is 13.2 Å². The number of aromatic nitrogens is 5. The standard InChI is InChI=1S/C27H25F3N6O/c1-15(2)21-14-31-36-25(21)34-24(16-6-5-7-18(12-16)37-27(28,29)30)35-26(36)32-17-10-11-23-20(13-17)19-8-3-4-9-22(19)33-23/h3-9,12,14-15,17,33H,10-11,13H2,1-2H3,(H,32,34,35)/t17-/m1/s1. The first-order valence-corrected chi connectivity index (χ1v) is 12.2. The summed E-state index contributed by atoms with van der Waals surface area (Å²) < 4.78 is 44.2. The van der Waals surface area contributed by atoms with Gasteiger partial charge in [0.1, 0.15) is 5.75 Å². The number of halogens is 3. The lowest BCUT2D eigenvalue weighted by Crippen LogP contribution is -2.29. The highest BCUT2D eigenvalue weighted by Gasteiger charge is 2.31. The van der Waals surface area contributed by atoms with E-state index in [1.54, 1.807) is 16.8 Å². The van der Waals surface area contributed by atoms with Gasteiger partial charge in [-0.05, 0) is 48.9 Å². The fourth-order valence-electron chi connectivity index (χ4n) is 5.03. The van der Waals surface area contributed by atoms with Crippen molar-refractivity contribution in [3.63, 3.8) is 0 Å². The summed E-state index contributed by atoms with van der Waals surface area (Å²) in [4.78, 5) is 12.9. The smallest absolute Gasteiger partial charge is 0.406 e. The Labute approximate surface area is 210 Å². The number of anilines is 1. The van der Waals surface area contributed by atoms with E-state index >= 15 is 0 Å². The van der Waals surface area contributed by atoms with E-state index in [-0.39, 0.29) is 17.7 Å². The third-order valence-electron chi connectivity index (χ3n) is 6.77. The Bertz CT molecular complexity index is 1600. The van der Waals surface area contributed by atoms with Crippen LogP contribution in [0.4, 0.5) is 19.1 Å². The molecular formula is C27H25F3N6O. The third kappa shape index (κ3) is 4.47. The van der Waals surface area contributed by atoms with Crippen LogP contribution in [-0.2, 0) is 12.8 Å². The van der Waals surface area contributed by atoms with Gasteiger partial charge in [0.2, 0.25) is 5.95 Å². The molecule has 0 radical (unpaired) electrons. The predicted octanol–water partition coefficient (Wildman–Crippen LogP) is 6.26. The fourth-order valence-corrected chi connectivity index (χ4v) is 5.03. The molecule has 7 nitrogen and oxygen atoms in total. The number of hydrogen-bond donors (Lipinski definition) is 2. The summed E-state index contributed by atoms with van der Waals surface area (Å²) in [6.07, 6.45) is -0.405. The molecule has 2 N–H and O–H groups in total. The van der Waals surface area contributed by atoms with E-state index < -0.39 is 6.36 Å². The zero-order valence-corrected chi connectivity index (χ0v) is 20.3. The summed E-state index contributed by atoms with van der Waals surface area (Å²) in [7, 11) is 0. The molecule has 0 saturated heterocycles. The van der Waals surface area contributed by atoms with Crippen LogP contribution in [0, 0.1) is 0 Å². The summed E-state index contributed by atoms with van der Waals surface area (Å²) in [6.45, 7) is 4.09. The second-order valence-electron chi connectivity index (χ2n) is 9.65. The number of H-pyrrole nitrogens is 1. The Hall–Kier alpha value is -4.08. The van der Waals surface area contributed by atoms with Crippen molar-refractivity contribution in [3.05, 3.63) is 71.5 Å². The molecule has 190 valence electrons. The lowest BCUT2D eigenvalue weighted by atomic mass is 9.91. The van der Waals surface area contributed by atoms with Crippen LogP contribution in [-0.4, -0.2) is 37.0 Å². The van der Waals surface area contributed by atoms with E-state index in [0.717, 1.165) is 30.3 Å². The Kier molecular flexibility index (Phi) is 5.54. The maximum Gasteiger partial charge on any atom is 0.573 e. The minimum Gasteiger partial charge on any atom is -0.406 e. The minimum atomic E-state index is -4.78. The molecule has 0 spiro atoms. The molecule has 37 heavy (non-hydrogen) atoms. The summed E-state index contributed by atoms with van der Waals surface area (Å²) in [5.41, 5.74) is 5.66. The molecule has 0 fully saturated rings. The van der Waals surface area contributed by atoms with Crippen LogP contribution in [0.5, 0.6) is 5.75 Å². The van der Waals surface area contributed by atoms with Crippen LogP contribution < -0.4 is 10.1 Å². The van der Waals surface area contributed by atoms with E-state index in [1.165, 1.54) is 34.8 Å². The van der Waals surface area contributed by atoms with Gasteiger partial charge < -0.3 is 15.0 Å². The van der Waals surface area contributed by atoms with Crippen LogP contribution in [0.2, 0.25) is 0 Å². The molecule has 3 heterocycles. The summed E-state index contributed by atoms with van der Waals surface area (Å²) in [6, 6.07) is 14.1. The van der Waals surface area contributed by atoms with Crippen molar-refractivity contribution in [1.82, 2.24) is 24.6 Å². The topological polar surface area (TPSA) is 80.1 Å². The molecule has 0 aliphatic heterocycles. The normalized spacial score (nSPS) is 15.9. The highest BCUT2D eigenvalue weighted by molar-refractivity contribution is 5.85. The van der Waals surface area contributed by atoms with E-state index in [0.29, 0.717) is 23.0 Å². The number of fused-ring (bicyclic) bond motifs is 4. The number of nitrogens with one attached hydrogen (secondary N) is 2. The number of benzene rings is 2. The zero-order valence-electron chi connectivity index (χ0n) is 20.3. The van der Waals surface area contributed by atoms with E-state index in [4.69, 9.17) is 9.97 Å². The van der Waals surface area contributed by atoms with Gasteiger partial charge in [-0.2, -0.15) is 14.6 Å². The Morgan fingerprint density at radius 2 is 1.95 bits per heavy atom. The number of rotatable bonds is 5. The van der Waals surface area contributed by atoms with Crippen molar-refractivity contribution in [2.45, 2.75) is 51.4 Å². The molecular weight excluding hydrogens is 481 g/mol. The molecule has 3 aromatic heterocycles. The van der Waals surface area contributed by atoms with Gasteiger partial charge >= 0.3 is 6.36 Å². The van der Waals surface area contributed by atoms with Gasteiger partial charge in [0, 0.05) is 33.8 Å². The van der Waals surface area contributed by atoms with Gasteiger partial charge in [-0.3, -0.25) is 0 Å². The van der Waals surface area contributed by atoms with Gasteiger partial charge in [-0.25, -0.2) is 4.98 Å². The number of aromatic amines is 1.